The average molecular weight is 671 g/mol. The highest BCUT2D eigenvalue weighted by atomic mass is 32.2. The first-order valence-corrected chi connectivity index (χ1v) is 17.5. The van der Waals surface area contributed by atoms with E-state index in [0.29, 0.717) is 16.7 Å². The average Bonchev–Trinajstić information content (AvgIpc) is 3.07. The van der Waals surface area contributed by atoms with Crippen LogP contribution in [0.3, 0.4) is 0 Å². The Morgan fingerprint density at radius 1 is 0.872 bits per heavy atom. The summed E-state index contributed by atoms with van der Waals surface area (Å²) in [6.45, 7) is 1.79. The normalized spacial score (nSPS) is 19.1. The van der Waals surface area contributed by atoms with Crippen LogP contribution in [0.5, 0.6) is 0 Å². The van der Waals surface area contributed by atoms with Crippen LogP contribution in [0.1, 0.15) is 28.4 Å². The van der Waals surface area contributed by atoms with Crippen LogP contribution in [0.15, 0.2) is 132 Å². The van der Waals surface area contributed by atoms with Crippen LogP contribution in [0.25, 0.3) is 0 Å². The van der Waals surface area contributed by atoms with Gasteiger partial charge < -0.3 is 14.2 Å². The van der Waals surface area contributed by atoms with Crippen LogP contribution in [0, 0.1) is 6.92 Å². The summed E-state index contributed by atoms with van der Waals surface area (Å²) in [6.07, 6.45) is -0.954. The molecule has 240 valence electrons. The fourth-order valence-corrected chi connectivity index (χ4v) is 8.04. The summed E-state index contributed by atoms with van der Waals surface area (Å²) in [7, 11) is -6.46. The first-order chi connectivity index (χ1) is 22.6. The Morgan fingerprint density at radius 3 is 2.00 bits per heavy atom. The van der Waals surface area contributed by atoms with Crippen molar-refractivity contribution >= 4 is 38.7 Å². The minimum Gasteiger partial charge on any atom is -0.448 e. The number of esters is 1. The van der Waals surface area contributed by atoms with Gasteiger partial charge in [-0.3, -0.25) is 18.7 Å². The van der Waals surface area contributed by atoms with Crippen molar-refractivity contribution in [1.82, 2.24) is 10.2 Å². The number of ether oxygens (including phenoxy) is 1. The van der Waals surface area contributed by atoms with E-state index in [0.717, 1.165) is 10.5 Å². The molecule has 2 aliphatic heterocycles. The predicted molar refractivity (Wildman–Crippen MR) is 173 cm³/mol. The molecule has 1 fully saturated rings. The van der Waals surface area contributed by atoms with Crippen molar-refractivity contribution in [1.29, 1.82) is 0 Å². The Balaban J connectivity index is 1.35. The molecule has 2 unspecified atom stereocenters. The Morgan fingerprint density at radius 2 is 1.43 bits per heavy atom. The Labute approximate surface area is 274 Å². The molecule has 0 aromatic heterocycles. The fraction of sp³-hybridized carbons (Fsp3) is 0.171. The summed E-state index contributed by atoms with van der Waals surface area (Å²) in [5.74, 6) is -3.29. The molecule has 0 aliphatic carbocycles. The Bertz CT molecular complexity index is 1930. The van der Waals surface area contributed by atoms with Crippen LogP contribution >= 0.6 is 0 Å². The van der Waals surface area contributed by atoms with Crippen LogP contribution < -0.4 is 5.32 Å². The van der Waals surface area contributed by atoms with E-state index in [1.54, 1.807) is 91.9 Å². The zero-order chi connectivity index (χ0) is 33.1. The predicted octanol–water partition coefficient (Wildman–Crippen LogP) is 3.90. The minimum absolute atomic E-state index is 0.0201. The number of β-lactam (4-membered cyclic amide) rings is 1. The molecule has 47 heavy (non-hydrogen) atoms. The van der Waals surface area contributed by atoms with Gasteiger partial charge in [-0.15, -0.1) is 0 Å². The lowest BCUT2D eigenvalue weighted by Gasteiger charge is -2.48. The molecule has 0 saturated carbocycles. The lowest BCUT2D eigenvalue weighted by atomic mass is 10.0. The molecule has 0 spiro atoms. The summed E-state index contributed by atoms with van der Waals surface area (Å²) in [4.78, 5) is 41.3. The quantitative estimate of drug-likeness (QED) is 0.153. The summed E-state index contributed by atoms with van der Waals surface area (Å²) < 4.78 is 51.8. The molecule has 1 saturated heterocycles. The van der Waals surface area contributed by atoms with Gasteiger partial charge in [0.1, 0.15) is 16.3 Å². The van der Waals surface area contributed by atoms with E-state index in [4.69, 9.17) is 8.92 Å². The lowest BCUT2D eigenvalue weighted by Crippen LogP contribution is -2.73. The molecule has 4 aromatic carbocycles. The van der Waals surface area contributed by atoms with Crippen LogP contribution in [0.4, 0.5) is 0 Å². The number of benzene rings is 4. The largest absolute Gasteiger partial charge is 0.448 e. The second-order valence-electron chi connectivity index (χ2n) is 11.1. The fourth-order valence-electron chi connectivity index (χ4n) is 5.44. The van der Waals surface area contributed by atoms with Crippen molar-refractivity contribution in [2.45, 2.75) is 35.8 Å². The van der Waals surface area contributed by atoms with Crippen LogP contribution in [0.2, 0.25) is 0 Å². The minimum atomic E-state index is -4.51. The maximum Gasteiger partial charge on any atom is 0.359 e. The summed E-state index contributed by atoms with van der Waals surface area (Å²) in [6, 6.07) is 31.4. The molecule has 0 bridgehead atoms. The highest BCUT2D eigenvalue weighted by molar-refractivity contribution is 7.87. The number of nitrogens with one attached hydrogen (secondary N) is 1. The van der Waals surface area contributed by atoms with Crippen LogP contribution in [-0.2, 0) is 50.6 Å². The maximum absolute atomic E-state index is 14.1. The number of hydrogen-bond acceptors (Lipinski definition) is 8. The van der Waals surface area contributed by atoms with Gasteiger partial charge in [-0.25, -0.2) is 4.79 Å². The summed E-state index contributed by atoms with van der Waals surface area (Å²) in [5, 5.41) is 1.49. The van der Waals surface area contributed by atoms with E-state index >= 15 is 0 Å². The molecule has 12 heteroatoms. The lowest BCUT2D eigenvalue weighted by molar-refractivity contribution is -0.155. The topological polar surface area (TPSA) is 136 Å². The van der Waals surface area contributed by atoms with Gasteiger partial charge in [0.05, 0.1) is 23.0 Å². The molecule has 3 atom stereocenters. The highest BCUT2D eigenvalue weighted by Crippen LogP contribution is 2.38. The molecule has 1 N–H and O–H groups in total. The van der Waals surface area contributed by atoms with E-state index in [1.165, 1.54) is 12.1 Å². The van der Waals surface area contributed by atoms with Crippen molar-refractivity contribution in [2.75, 3.05) is 5.75 Å². The zero-order valence-electron chi connectivity index (χ0n) is 25.1. The second-order valence-corrected chi connectivity index (χ2v) is 14.1. The molecule has 2 heterocycles. The number of carbonyl (C=O) groups is 3. The van der Waals surface area contributed by atoms with Gasteiger partial charge in [-0.2, -0.15) is 8.42 Å². The summed E-state index contributed by atoms with van der Waals surface area (Å²) in [5.41, 5.74) is 2.29. The number of amides is 2. The van der Waals surface area contributed by atoms with Crippen molar-refractivity contribution in [3.8, 4) is 0 Å². The van der Waals surface area contributed by atoms with Gasteiger partial charge in [0, 0.05) is 0 Å². The number of rotatable bonds is 10. The van der Waals surface area contributed by atoms with E-state index in [9.17, 15) is 27.0 Å². The van der Waals surface area contributed by atoms with E-state index in [1.807, 2.05) is 18.2 Å². The third-order valence-electron chi connectivity index (χ3n) is 7.76. The molecule has 6 rings (SSSR count). The van der Waals surface area contributed by atoms with Gasteiger partial charge in [0.2, 0.25) is 5.91 Å². The van der Waals surface area contributed by atoms with E-state index < -0.39 is 73.4 Å². The second kappa shape index (κ2) is 13.3. The molecule has 10 nitrogen and oxygen atoms in total. The zero-order valence-corrected chi connectivity index (χ0v) is 26.8. The number of carbonyl (C=O) groups excluding carboxylic acids is 3. The summed E-state index contributed by atoms with van der Waals surface area (Å²) >= 11 is 0. The Hall–Kier alpha value is -5.07. The SMILES string of the molecule is Cc1ccc(S(=O)(=O)OC2=C(C(=O)OC(c3ccccc3)c3ccccc3)N3C(=O)C(NC(=O)Cc4ccccc4)[C@@H]3S(=O)C2)cc1. The standard InChI is InChI=1S/C35H30N2O8S2/c1-23-17-19-27(20-18-23)47(42,43)45-28-22-46(41)34-30(36-29(38)21-24-11-5-2-6-12-24)33(39)37(34)31(28)35(40)44-32(25-13-7-3-8-14-25)26-15-9-4-10-16-26/h2-20,30,32,34H,21-22H2,1H3,(H,36,38)/t30?,34-,46?/m0/s1. The van der Waals surface area contributed by atoms with Crippen LogP contribution in [-0.4, -0.2) is 52.5 Å². The van der Waals surface area contributed by atoms with Crippen molar-refractivity contribution in [3.05, 3.63) is 149 Å². The number of fused-ring (bicyclic) bond motifs is 1. The molecule has 2 aliphatic rings. The van der Waals surface area contributed by atoms with Gasteiger partial charge >= 0.3 is 16.1 Å². The van der Waals surface area contributed by atoms with Crippen molar-refractivity contribution in [3.63, 3.8) is 0 Å². The third kappa shape index (κ3) is 6.74. The molecular weight excluding hydrogens is 641 g/mol. The maximum atomic E-state index is 14.1. The van der Waals surface area contributed by atoms with Crippen molar-refractivity contribution < 1.29 is 35.9 Å². The number of aryl methyl sites for hydroxylation is 1. The molecular formula is C35H30N2O8S2. The Kier molecular flexibility index (Phi) is 9.06. The van der Waals surface area contributed by atoms with Crippen molar-refractivity contribution in [2.24, 2.45) is 0 Å². The van der Waals surface area contributed by atoms with Gasteiger partial charge in [0.25, 0.3) is 5.91 Å². The van der Waals surface area contributed by atoms with Gasteiger partial charge in [-0.1, -0.05) is 109 Å². The van der Waals surface area contributed by atoms with Gasteiger partial charge in [-0.05, 0) is 35.7 Å². The highest BCUT2D eigenvalue weighted by Gasteiger charge is 2.58. The first-order valence-electron chi connectivity index (χ1n) is 14.7. The molecule has 0 radical (unpaired) electrons. The van der Waals surface area contributed by atoms with Gasteiger partial charge in [0.15, 0.2) is 17.6 Å². The third-order valence-corrected chi connectivity index (χ3v) is 10.6. The smallest absolute Gasteiger partial charge is 0.359 e. The van der Waals surface area contributed by atoms with E-state index in [2.05, 4.69) is 5.32 Å². The van der Waals surface area contributed by atoms with E-state index in [-0.39, 0.29) is 11.3 Å². The monoisotopic (exact) mass is 670 g/mol. The number of nitrogens with zero attached hydrogens (tertiary/aromatic N) is 1. The first kappa shape index (κ1) is 31.9. The number of hydrogen-bond donors (Lipinski definition) is 1. The molecule has 2 amide bonds. The molecule has 4 aromatic rings.